The standard InChI is InChI=1S/C14H19N5OS/c1-2-18-10-16-17-13(18)8-15-14(20)19-6-3-4-12(19)11-5-7-21-9-11/h5,7,9-10,12H,2-4,6,8H2,1H3,(H,15,20). The van der Waals surface area contributed by atoms with Gasteiger partial charge in [0.05, 0.1) is 12.6 Å². The Morgan fingerprint density at radius 3 is 3.24 bits per heavy atom. The van der Waals surface area contributed by atoms with Crippen molar-refractivity contribution in [1.29, 1.82) is 0 Å². The van der Waals surface area contributed by atoms with Crippen LogP contribution in [0.15, 0.2) is 23.2 Å². The van der Waals surface area contributed by atoms with Crippen LogP contribution in [0, 0.1) is 0 Å². The van der Waals surface area contributed by atoms with Gasteiger partial charge in [0.25, 0.3) is 0 Å². The third kappa shape index (κ3) is 2.92. The molecule has 0 aliphatic carbocycles. The molecule has 0 spiro atoms. The summed E-state index contributed by atoms with van der Waals surface area (Å²) in [6, 6.07) is 2.30. The second-order valence-electron chi connectivity index (χ2n) is 5.10. The molecule has 1 aliphatic rings. The number of nitrogens with one attached hydrogen (secondary N) is 1. The first-order chi connectivity index (χ1) is 10.3. The number of thiophene rings is 1. The molecule has 0 bridgehead atoms. The Balaban J connectivity index is 1.62. The van der Waals surface area contributed by atoms with Crippen LogP contribution in [0.5, 0.6) is 0 Å². The van der Waals surface area contributed by atoms with E-state index in [1.807, 2.05) is 16.4 Å². The molecule has 7 heteroatoms. The van der Waals surface area contributed by atoms with Gasteiger partial charge in [-0.25, -0.2) is 4.79 Å². The normalized spacial score (nSPS) is 18.1. The van der Waals surface area contributed by atoms with Gasteiger partial charge in [-0.3, -0.25) is 0 Å². The molecule has 3 rings (SSSR count). The minimum atomic E-state index is -0.0191. The van der Waals surface area contributed by atoms with Crippen molar-refractivity contribution in [2.24, 2.45) is 0 Å². The van der Waals surface area contributed by atoms with Gasteiger partial charge in [0, 0.05) is 13.1 Å². The molecular weight excluding hydrogens is 286 g/mol. The molecule has 0 aromatic carbocycles. The van der Waals surface area contributed by atoms with E-state index in [-0.39, 0.29) is 12.1 Å². The molecule has 112 valence electrons. The van der Waals surface area contributed by atoms with Gasteiger partial charge >= 0.3 is 6.03 Å². The third-order valence-corrected chi connectivity index (χ3v) is 4.58. The number of aryl methyl sites for hydroxylation is 1. The van der Waals surface area contributed by atoms with Crippen molar-refractivity contribution in [2.45, 2.75) is 38.9 Å². The van der Waals surface area contributed by atoms with E-state index in [1.165, 1.54) is 5.56 Å². The van der Waals surface area contributed by atoms with Crippen LogP contribution in [0.1, 0.15) is 37.2 Å². The van der Waals surface area contributed by atoms with Crippen molar-refractivity contribution in [3.05, 3.63) is 34.5 Å². The van der Waals surface area contributed by atoms with Crippen molar-refractivity contribution in [3.63, 3.8) is 0 Å². The van der Waals surface area contributed by atoms with Gasteiger partial charge < -0.3 is 14.8 Å². The van der Waals surface area contributed by atoms with Crippen LogP contribution in [-0.4, -0.2) is 32.2 Å². The van der Waals surface area contributed by atoms with Crippen LogP contribution in [0.3, 0.4) is 0 Å². The van der Waals surface area contributed by atoms with E-state index in [1.54, 1.807) is 17.7 Å². The van der Waals surface area contributed by atoms with E-state index in [4.69, 9.17) is 0 Å². The maximum absolute atomic E-state index is 12.4. The number of likely N-dealkylation sites (tertiary alicyclic amines) is 1. The second-order valence-corrected chi connectivity index (χ2v) is 5.88. The lowest BCUT2D eigenvalue weighted by molar-refractivity contribution is 0.192. The Labute approximate surface area is 127 Å². The van der Waals surface area contributed by atoms with Gasteiger partial charge in [-0.2, -0.15) is 11.3 Å². The molecule has 1 fully saturated rings. The molecule has 2 aromatic heterocycles. The molecule has 1 atom stereocenters. The van der Waals surface area contributed by atoms with Crippen LogP contribution in [0.4, 0.5) is 4.79 Å². The maximum Gasteiger partial charge on any atom is 0.318 e. The summed E-state index contributed by atoms with van der Waals surface area (Å²) in [5.74, 6) is 0.789. The maximum atomic E-state index is 12.4. The molecule has 1 N–H and O–H groups in total. The zero-order valence-electron chi connectivity index (χ0n) is 12.0. The fraction of sp³-hybridized carbons (Fsp3) is 0.500. The topological polar surface area (TPSA) is 63.1 Å². The van der Waals surface area contributed by atoms with Crippen LogP contribution < -0.4 is 5.32 Å². The van der Waals surface area contributed by atoms with E-state index in [2.05, 4.69) is 32.3 Å². The predicted octanol–water partition coefficient (Wildman–Crippen LogP) is 2.41. The molecule has 1 unspecified atom stereocenters. The first-order valence-electron chi connectivity index (χ1n) is 7.23. The number of amides is 2. The van der Waals surface area contributed by atoms with E-state index in [0.717, 1.165) is 31.8 Å². The number of urea groups is 1. The van der Waals surface area contributed by atoms with Crippen LogP contribution >= 0.6 is 11.3 Å². The Hall–Kier alpha value is -1.89. The minimum Gasteiger partial charge on any atom is -0.331 e. The van der Waals surface area contributed by atoms with Crippen molar-refractivity contribution < 1.29 is 4.79 Å². The zero-order valence-corrected chi connectivity index (χ0v) is 12.8. The smallest absolute Gasteiger partial charge is 0.318 e. The van der Waals surface area contributed by atoms with Gasteiger partial charge in [-0.1, -0.05) is 0 Å². The molecule has 0 radical (unpaired) electrons. The molecule has 3 heterocycles. The highest BCUT2D eigenvalue weighted by molar-refractivity contribution is 7.07. The average Bonchev–Trinajstić information content (AvgIpc) is 3.23. The predicted molar refractivity (Wildman–Crippen MR) is 80.9 cm³/mol. The Morgan fingerprint density at radius 1 is 1.57 bits per heavy atom. The SMILES string of the molecule is CCn1cnnc1CNC(=O)N1CCCC1c1ccsc1. The van der Waals surface area contributed by atoms with E-state index in [9.17, 15) is 4.79 Å². The number of aromatic nitrogens is 3. The molecule has 1 aliphatic heterocycles. The largest absolute Gasteiger partial charge is 0.331 e. The van der Waals surface area contributed by atoms with Crippen LogP contribution in [-0.2, 0) is 13.1 Å². The average molecular weight is 305 g/mol. The molecule has 21 heavy (non-hydrogen) atoms. The number of carbonyl (C=O) groups is 1. The van der Waals surface area contributed by atoms with Gasteiger partial charge in [0.15, 0.2) is 5.82 Å². The lowest BCUT2D eigenvalue weighted by Gasteiger charge is -2.24. The Morgan fingerprint density at radius 2 is 2.48 bits per heavy atom. The summed E-state index contributed by atoms with van der Waals surface area (Å²) in [6.07, 6.45) is 3.78. The molecular formula is C14H19N5OS. The minimum absolute atomic E-state index is 0.0191. The molecule has 2 amide bonds. The Kier molecular flexibility index (Phi) is 4.19. The summed E-state index contributed by atoms with van der Waals surface area (Å²) >= 11 is 1.68. The number of carbonyl (C=O) groups excluding carboxylic acids is 1. The van der Waals surface area contributed by atoms with Crippen molar-refractivity contribution in [1.82, 2.24) is 25.0 Å². The quantitative estimate of drug-likeness (QED) is 0.943. The highest BCUT2D eigenvalue weighted by Crippen LogP contribution is 2.32. The highest BCUT2D eigenvalue weighted by atomic mass is 32.1. The Bertz CT molecular complexity index is 594. The van der Waals surface area contributed by atoms with Gasteiger partial charge in [0.2, 0.25) is 0 Å². The summed E-state index contributed by atoms with van der Waals surface area (Å²) in [5, 5.41) is 15.1. The first-order valence-corrected chi connectivity index (χ1v) is 8.17. The van der Waals surface area contributed by atoms with E-state index >= 15 is 0 Å². The highest BCUT2D eigenvalue weighted by Gasteiger charge is 2.30. The van der Waals surface area contributed by atoms with Crippen LogP contribution in [0.2, 0.25) is 0 Å². The summed E-state index contributed by atoms with van der Waals surface area (Å²) in [5.41, 5.74) is 1.24. The summed E-state index contributed by atoms with van der Waals surface area (Å²) in [7, 11) is 0. The van der Waals surface area contributed by atoms with Gasteiger partial charge in [0.1, 0.15) is 6.33 Å². The van der Waals surface area contributed by atoms with Crippen LogP contribution in [0.25, 0.3) is 0 Å². The molecule has 2 aromatic rings. The second kappa shape index (κ2) is 6.26. The lowest BCUT2D eigenvalue weighted by Crippen LogP contribution is -2.39. The van der Waals surface area contributed by atoms with Crippen molar-refractivity contribution in [2.75, 3.05) is 6.54 Å². The number of rotatable bonds is 4. The summed E-state index contributed by atoms with van der Waals surface area (Å²) in [4.78, 5) is 14.3. The fourth-order valence-corrected chi connectivity index (χ4v) is 3.46. The van der Waals surface area contributed by atoms with E-state index in [0.29, 0.717) is 6.54 Å². The number of hydrogen-bond acceptors (Lipinski definition) is 4. The van der Waals surface area contributed by atoms with E-state index < -0.39 is 0 Å². The van der Waals surface area contributed by atoms with Gasteiger partial charge in [-0.05, 0) is 42.2 Å². The zero-order chi connectivity index (χ0) is 14.7. The molecule has 0 saturated carbocycles. The summed E-state index contributed by atoms with van der Waals surface area (Å²) < 4.78 is 1.93. The van der Waals surface area contributed by atoms with Crippen molar-refractivity contribution in [3.8, 4) is 0 Å². The van der Waals surface area contributed by atoms with Crippen molar-refractivity contribution >= 4 is 17.4 Å². The molecule has 6 nitrogen and oxygen atoms in total. The fourth-order valence-electron chi connectivity index (χ4n) is 2.76. The third-order valence-electron chi connectivity index (χ3n) is 3.88. The van der Waals surface area contributed by atoms with Gasteiger partial charge in [-0.15, -0.1) is 10.2 Å². The first kappa shape index (κ1) is 14.1. The number of nitrogens with zero attached hydrogens (tertiary/aromatic N) is 4. The lowest BCUT2D eigenvalue weighted by atomic mass is 10.1. The monoisotopic (exact) mass is 305 g/mol. The summed E-state index contributed by atoms with van der Waals surface area (Å²) in [6.45, 7) is 4.06. The number of hydrogen-bond donors (Lipinski definition) is 1. The molecule has 1 saturated heterocycles.